The normalized spacial score (nSPS) is 13.3. The molecule has 2 atom stereocenters. The second-order valence-corrected chi connectivity index (χ2v) is 14.2. The van der Waals surface area contributed by atoms with E-state index in [9.17, 15) is 9.59 Å². The van der Waals surface area contributed by atoms with Crippen LogP contribution in [0.25, 0.3) is 0 Å². The zero-order valence-electron chi connectivity index (χ0n) is 25.7. The van der Waals surface area contributed by atoms with E-state index in [4.69, 9.17) is 87.9 Å². The van der Waals surface area contributed by atoms with Crippen molar-refractivity contribution in [3.8, 4) is 11.5 Å². The second kappa shape index (κ2) is 19.6. The molecule has 0 spiro atoms. The molecule has 0 aliphatic carbocycles. The van der Waals surface area contributed by atoms with E-state index in [2.05, 4.69) is 20.2 Å². The van der Waals surface area contributed by atoms with Crippen molar-refractivity contribution in [2.24, 2.45) is 10.8 Å². The molecule has 2 aromatic carbocycles. The van der Waals surface area contributed by atoms with Crippen LogP contribution < -0.4 is 59.1 Å². The summed E-state index contributed by atoms with van der Waals surface area (Å²) in [5, 5.41) is 9.30. The molecule has 10 nitrogen and oxygen atoms in total. The van der Waals surface area contributed by atoms with Crippen LogP contribution in [0.3, 0.4) is 0 Å². The topological polar surface area (TPSA) is 114 Å². The maximum Gasteiger partial charge on any atom is -1.00 e. The summed E-state index contributed by atoms with van der Waals surface area (Å²) in [7, 11) is 0. The van der Waals surface area contributed by atoms with Crippen molar-refractivity contribution in [2.75, 3.05) is 0 Å². The molecule has 4 rings (SSSR count). The summed E-state index contributed by atoms with van der Waals surface area (Å²) in [6.07, 6.45) is 5.21. The quantitative estimate of drug-likeness (QED) is 0.162. The number of hydrogen-bond donors (Lipinski definition) is 0. The molecule has 0 amide bonds. The van der Waals surface area contributed by atoms with Crippen LogP contribution >= 0.6 is 46.4 Å². The molecule has 48 heavy (non-hydrogen) atoms. The van der Waals surface area contributed by atoms with Crippen molar-refractivity contribution in [3.63, 3.8) is 0 Å². The van der Waals surface area contributed by atoms with Gasteiger partial charge >= 0.3 is 294 Å². The molecule has 0 fully saturated rings. The molecule has 2 aromatic heterocycles. The van der Waals surface area contributed by atoms with E-state index in [0.29, 0.717) is 10.0 Å². The van der Waals surface area contributed by atoms with Gasteiger partial charge in [0.1, 0.15) is 0 Å². The molecule has 2 heterocycles. The maximum atomic E-state index is 12.8. The smallest absolute Gasteiger partial charge is 1.00 e. The van der Waals surface area contributed by atoms with Crippen LogP contribution in [-0.4, -0.2) is 41.1 Å². The monoisotopic (exact) mass is 918 g/mol. The van der Waals surface area contributed by atoms with Crippen molar-refractivity contribution in [3.05, 3.63) is 81.8 Å². The number of carbonyl (C=O) groups excluding carboxylic acids is 2. The summed E-state index contributed by atoms with van der Waals surface area (Å²) in [5.74, 6) is -0.222. The Bertz CT molecular complexity index is 1500. The molecule has 0 aliphatic rings. The van der Waals surface area contributed by atoms with Gasteiger partial charge in [0, 0.05) is 0 Å². The number of hydrogen-bond acceptors (Lipinski definition) is 8. The third-order valence-corrected chi connectivity index (χ3v) is 7.65. The maximum absolute atomic E-state index is 12.8. The summed E-state index contributed by atoms with van der Waals surface area (Å²) in [4.78, 5) is 33.2. The standard InChI is InChI=1S/2C14H14Cl2N3O2.4ClH.2Cu/c2*1-14(2,3)12(20)13(19-8-17-7-18-19)21-11-5-4-9(15)6-10(11)16;;;;;;/h2*4-8H,1-3H3;4*1H;;/q;;;;;;2*+2/p-4. The van der Waals surface area contributed by atoms with Crippen molar-refractivity contribution in [1.82, 2.24) is 29.5 Å². The van der Waals surface area contributed by atoms with Crippen LogP contribution in [0.5, 0.6) is 11.5 Å². The van der Waals surface area contributed by atoms with E-state index in [1.165, 1.54) is 46.8 Å². The van der Waals surface area contributed by atoms with E-state index in [0.717, 1.165) is 0 Å². The molecule has 0 saturated carbocycles. The molecule has 20 heteroatoms. The fourth-order valence-electron chi connectivity index (χ4n) is 3.35. The fraction of sp³-hybridized carbons (Fsp3) is 0.357. The van der Waals surface area contributed by atoms with Gasteiger partial charge in [0.15, 0.2) is 0 Å². The van der Waals surface area contributed by atoms with Gasteiger partial charge in [0.25, 0.3) is 0 Å². The van der Waals surface area contributed by atoms with Gasteiger partial charge < -0.3 is 49.6 Å². The number of carbonyl (C=O) groups is 2. The number of ketones is 2. The molecular weight excluding hydrogens is 895 g/mol. The fourth-order valence-corrected chi connectivity index (χ4v) is 5.37. The van der Waals surface area contributed by atoms with Gasteiger partial charge in [-0.1, -0.05) is 0 Å². The van der Waals surface area contributed by atoms with Gasteiger partial charge in [-0.15, -0.1) is 0 Å². The molecule has 0 saturated heterocycles. The first-order valence-corrected chi connectivity index (χ1v) is 15.1. The third-order valence-electron chi connectivity index (χ3n) is 5.54. The minimum atomic E-state index is -1.81. The Hall–Kier alpha value is -0.981. The number of aromatic nitrogens is 6. The predicted octanol–water partition coefficient (Wildman–Crippen LogP) is -5.11. The van der Waals surface area contributed by atoms with Gasteiger partial charge in [0.05, 0.1) is 0 Å². The number of nitrogens with zero attached hydrogens (tertiary/aromatic N) is 6. The Morgan fingerprint density at radius 2 is 0.938 bits per heavy atom. The van der Waals surface area contributed by atoms with Crippen molar-refractivity contribution >= 4 is 58.0 Å². The predicted molar refractivity (Wildman–Crippen MR) is 159 cm³/mol. The zero-order valence-corrected chi connectivity index (χ0v) is 33.6. The third kappa shape index (κ3) is 12.1. The van der Waals surface area contributed by atoms with Gasteiger partial charge in [0.2, 0.25) is 0 Å². The minimum Gasteiger partial charge on any atom is -1.00 e. The molecular formula is C28H28Cl8Cu2N6O4. The molecule has 272 valence electrons. The molecule has 0 aliphatic heterocycles. The number of rotatable bonds is 8. The average Bonchev–Trinajstić information content (AvgIpc) is 3.66. The van der Waals surface area contributed by atoms with Crippen LogP contribution in [0.1, 0.15) is 41.5 Å². The molecule has 0 N–H and O–H groups in total. The Morgan fingerprint density at radius 1 is 0.625 bits per heavy atom. The summed E-state index contributed by atoms with van der Waals surface area (Å²) in [5.41, 5.74) is -1.50. The van der Waals surface area contributed by atoms with Crippen molar-refractivity contribution in [2.45, 2.75) is 50.8 Å². The first-order valence-electron chi connectivity index (χ1n) is 12.7. The largest absolute Gasteiger partial charge is 1.00 e. The average molecular weight is 923 g/mol. The Balaban J connectivity index is 0. The van der Waals surface area contributed by atoms with Gasteiger partial charge in [-0.2, -0.15) is 0 Å². The van der Waals surface area contributed by atoms with E-state index in [1.54, 1.807) is 65.8 Å². The van der Waals surface area contributed by atoms with Crippen LogP contribution in [0.2, 0.25) is 20.1 Å². The first-order chi connectivity index (χ1) is 20.3. The summed E-state index contributed by atoms with van der Waals surface area (Å²) < 4.78 is 10.3. The van der Waals surface area contributed by atoms with Crippen LogP contribution in [-0.2, 0) is 50.9 Å². The Kier molecular flexibility index (Phi) is 20.0. The Morgan fingerprint density at radius 3 is 1.17 bits per heavy atom. The molecule has 0 bridgehead atoms. The Labute approximate surface area is 340 Å². The van der Waals surface area contributed by atoms with Gasteiger partial charge in [-0.3, -0.25) is 0 Å². The second-order valence-electron chi connectivity index (χ2n) is 11.2. The summed E-state index contributed by atoms with van der Waals surface area (Å²) in [6, 6.07) is 9.31. The SMILES string of the molecule is CC(C)(C)C(=O)[C]([Cu+2])(Oc1ccc(Cl)cc1Cl)n1cncn1.CC(C)(C)C(=O)[C]([Cu+2])(Oc1ccc(Cl)cc1Cl)n1cncn1.[Cl-].[Cl-].[Cl-].[Cl-]. The van der Waals surface area contributed by atoms with Gasteiger partial charge in [-0.05, 0) is 0 Å². The number of Topliss-reactive ketones (excluding diaryl/α,β-unsaturated/α-hetero) is 2. The van der Waals surface area contributed by atoms with E-state index in [1.807, 2.05) is 0 Å². The number of benzene rings is 2. The number of ether oxygens (including phenoxy) is 2. The molecule has 2 unspecified atom stereocenters. The summed E-state index contributed by atoms with van der Waals surface area (Å²) >= 11 is 35.2. The van der Waals surface area contributed by atoms with E-state index >= 15 is 0 Å². The minimum absolute atomic E-state index is 0. The van der Waals surface area contributed by atoms with E-state index < -0.39 is 20.1 Å². The van der Waals surface area contributed by atoms with Crippen LogP contribution in [0.15, 0.2) is 61.7 Å². The summed E-state index contributed by atoms with van der Waals surface area (Å²) in [6.45, 7) is 10.5. The first kappa shape index (κ1) is 49.1. The van der Waals surface area contributed by atoms with Crippen LogP contribution in [0, 0.1) is 10.8 Å². The zero-order chi connectivity index (χ0) is 33.1. The van der Waals surface area contributed by atoms with Crippen molar-refractivity contribution in [1.29, 1.82) is 0 Å². The van der Waals surface area contributed by atoms with Gasteiger partial charge in [-0.25, -0.2) is 0 Å². The van der Waals surface area contributed by atoms with E-state index in [-0.39, 0.29) is 82.7 Å². The molecule has 4 aromatic rings. The van der Waals surface area contributed by atoms with Crippen LogP contribution in [0.4, 0.5) is 0 Å². The number of halogens is 8. The van der Waals surface area contributed by atoms with Crippen molar-refractivity contribution < 1.29 is 101 Å². The molecule has 0 radical (unpaired) electrons.